The molecule has 0 bridgehead atoms. The van der Waals surface area contributed by atoms with E-state index in [4.69, 9.17) is 4.74 Å². The van der Waals surface area contributed by atoms with E-state index in [9.17, 15) is 4.79 Å². The molecule has 86 valence electrons. The summed E-state index contributed by atoms with van der Waals surface area (Å²) >= 11 is 0. The lowest BCUT2D eigenvalue weighted by Gasteiger charge is -2.19. The second-order valence-electron chi connectivity index (χ2n) is 3.96. The van der Waals surface area contributed by atoms with Crippen LogP contribution in [0, 0.1) is 0 Å². The van der Waals surface area contributed by atoms with Gasteiger partial charge in [0, 0.05) is 6.54 Å². The smallest absolute Gasteiger partial charge is 0.310 e. The summed E-state index contributed by atoms with van der Waals surface area (Å²) in [6, 6.07) is 6.16. The normalized spacial score (nSPS) is 14.3. The van der Waals surface area contributed by atoms with Crippen molar-refractivity contribution in [3.8, 4) is 0 Å². The predicted octanol–water partition coefficient (Wildman–Crippen LogP) is 1.44. The molecular formula is C13H17NO2. The fourth-order valence-electron chi connectivity index (χ4n) is 2.14. The molecule has 0 fully saturated rings. The van der Waals surface area contributed by atoms with Gasteiger partial charge in [0.05, 0.1) is 13.0 Å². The quantitative estimate of drug-likeness (QED) is 0.782. The van der Waals surface area contributed by atoms with Crippen LogP contribution in [0.25, 0.3) is 0 Å². The lowest BCUT2D eigenvalue weighted by Crippen LogP contribution is -2.25. The molecule has 0 aromatic heterocycles. The van der Waals surface area contributed by atoms with Gasteiger partial charge in [-0.05, 0) is 36.6 Å². The van der Waals surface area contributed by atoms with Gasteiger partial charge in [0.2, 0.25) is 0 Å². The van der Waals surface area contributed by atoms with E-state index < -0.39 is 0 Å². The Morgan fingerprint density at radius 2 is 2.38 bits per heavy atom. The molecule has 1 aliphatic heterocycles. The SMILES string of the molecule is CCOC(=O)Cc1cccc2c1CCNC2. The largest absolute Gasteiger partial charge is 0.466 e. The van der Waals surface area contributed by atoms with Gasteiger partial charge in [0.1, 0.15) is 0 Å². The molecule has 1 N–H and O–H groups in total. The summed E-state index contributed by atoms with van der Waals surface area (Å²) in [6.45, 7) is 4.19. The first kappa shape index (κ1) is 11.1. The van der Waals surface area contributed by atoms with E-state index >= 15 is 0 Å². The lowest BCUT2D eigenvalue weighted by molar-refractivity contribution is -0.142. The van der Waals surface area contributed by atoms with E-state index in [0.717, 1.165) is 25.1 Å². The van der Waals surface area contributed by atoms with Crippen LogP contribution < -0.4 is 5.32 Å². The van der Waals surface area contributed by atoms with Crippen molar-refractivity contribution in [2.45, 2.75) is 26.3 Å². The summed E-state index contributed by atoms with van der Waals surface area (Å²) in [5, 5.41) is 3.33. The van der Waals surface area contributed by atoms with Crippen LogP contribution in [0.15, 0.2) is 18.2 Å². The number of benzene rings is 1. The zero-order valence-corrected chi connectivity index (χ0v) is 9.58. The number of nitrogens with one attached hydrogen (secondary N) is 1. The molecule has 3 nitrogen and oxygen atoms in total. The van der Waals surface area contributed by atoms with Crippen molar-refractivity contribution in [2.24, 2.45) is 0 Å². The van der Waals surface area contributed by atoms with Gasteiger partial charge in [0.15, 0.2) is 0 Å². The summed E-state index contributed by atoms with van der Waals surface area (Å²) in [5.41, 5.74) is 3.76. The molecule has 1 aromatic carbocycles. The van der Waals surface area contributed by atoms with E-state index in [2.05, 4.69) is 11.4 Å². The number of carbonyl (C=O) groups excluding carboxylic acids is 1. The minimum Gasteiger partial charge on any atom is -0.466 e. The average Bonchev–Trinajstić information content (AvgIpc) is 2.30. The molecule has 0 saturated carbocycles. The van der Waals surface area contributed by atoms with Crippen molar-refractivity contribution in [1.82, 2.24) is 5.32 Å². The molecule has 1 heterocycles. The minimum atomic E-state index is -0.130. The molecule has 1 aromatic rings. The molecule has 0 unspecified atom stereocenters. The predicted molar refractivity (Wildman–Crippen MR) is 62.2 cm³/mol. The van der Waals surface area contributed by atoms with Gasteiger partial charge in [-0.15, -0.1) is 0 Å². The van der Waals surface area contributed by atoms with Crippen molar-refractivity contribution in [1.29, 1.82) is 0 Å². The monoisotopic (exact) mass is 219 g/mol. The topological polar surface area (TPSA) is 38.3 Å². The highest BCUT2D eigenvalue weighted by molar-refractivity contribution is 5.73. The molecule has 0 atom stereocenters. The van der Waals surface area contributed by atoms with Crippen LogP contribution >= 0.6 is 0 Å². The zero-order valence-electron chi connectivity index (χ0n) is 9.58. The molecular weight excluding hydrogens is 202 g/mol. The number of esters is 1. The molecule has 3 heteroatoms. The molecule has 0 spiro atoms. The average molecular weight is 219 g/mol. The van der Waals surface area contributed by atoms with Crippen molar-refractivity contribution in [3.05, 3.63) is 34.9 Å². The second-order valence-corrected chi connectivity index (χ2v) is 3.96. The molecule has 0 saturated heterocycles. The fraction of sp³-hybridized carbons (Fsp3) is 0.462. The molecule has 0 amide bonds. The molecule has 16 heavy (non-hydrogen) atoms. The second kappa shape index (κ2) is 5.12. The van der Waals surface area contributed by atoms with E-state index in [1.54, 1.807) is 0 Å². The summed E-state index contributed by atoms with van der Waals surface area (Å²) in [5.74, 6) is -0.130. The number of hydrogen-bond donors (Lipinski definition) is 1. The summed E-state index contributed by atoms with van der Waals surface area (Å²) < 4.78 is 4.98. The first-order valence-electron chi connectivity index (χ1n) is 5.77. The lowest BCUT2D eigenvalue weighted by atomic mass is 9.94. The van der Waals surface area contributed by atoms with Crippen LogP contribution in [0.1, 0.15) is 23.6 Å². The highest BCUT2D eigenvalue weighted by Gasteiger charge is 2.14. The number of hydrogen-bond acceptors (Lipinski definition) is 3. The van der Waals surface area contributed by atoms with Crippen molar-refractivity contribution in [3.63, 3.8) is 0 Å². The van der Waals surface area contributed by atoms with Gasteiger partial charge in [-0.3, -0.25) is 4.79 Å². The summed E-state index contributed by atoms with van der Waals surface area (Å²) in [6.07, 6.45) is 1.40. The van der Waals surface area contributed by atoms with Crippen LogP contribution in [0.5, 0.6) is 0 Å². The van der Waals surface area contributed by atoms with E-state index in [0.29, 0.717) is 13.0 Å². The van der Waals surface area contributed by atoms with Crippen LogP contribution in [0.2, 0.25) is 0 Å². The molecule has 1 aliphatic rings. The van der Waals surface area contributed by atoms with Gasteiger partial charge < -0.3 is 10.1 Å². The van der Waals surface area contributed by atoms with Gasteiger partial charge >= 0.3 is 5.97 Å². The summed E-state index contributed by atoms with van der Waals surface area (Å²) in [4.78, 5) is 11.5. The van der Waals surface area contributed by atoms with Crippen molar-refractivity contribution < 1.29 is 9.53 Å². The first-order valence-corrected chi connectivity index (χ1v) is 5.77. The van der Waals surface area contributed by atoms with Gasteiger partial charge in [0.25, 0.3) is 0 Å². The Kier molecular flexibility index (Phi) is 3.57. The standard InChI is InChI=1S/C13H17NO2/c1-2-16-13(15)8-10-4-3-5-11-9-14-7-6-12(10)11/h3-5,14H,2,6-9H2,1H3. The Morgan fingerprint density at radius 3 is 3.19 bits per heavy atom. The highest BCUT2D eigenvalue weighted by Crippen LogP contribution is 2.19. The van der Waals surface area contributed by atoms with Gasteiger partial charge in [-0.2, -0.15) is 0 Å². The van der Waals surface area contributed by atoms with E-state index in [-0.39, 0.29) is 5.97 Å². The Morgan fingerprint density at radius 1 is 1.50 bits per heavy atom. The van der Waals surface area contributed by atoms with Crippen LogP contribution in [0.4, 0.5) is 0 Å². The Labute approximate surface area is 95.8 Å². The highest BCUT2D eigenvalue weighted by atomic mass is 16.5. The van der Waals surface area contributed by atoms with E-state index in [1.807, 2.05) is 19.1 Å². The minimum absolute atomic E-state index is 0.130. The third-order valence-corrected chi connectivity index (χ3v) is 2.88. The van der Waals surface area contributed by atoms with Gasteiger partial charge in [-0.25, -0.2) is 0 Å². The number of fused-ring (bicyclic) bond motifs is 1. The molecule has 0 aliphatic carbocycles. The van der Waals surface area contributed by atoms with Crippen molar-refractivity contribution in [2.75, 3.05) is 13.2 Å². The van der Waals surface area contributed by atoms with Crippen LogP contribution in [-0.2, 0) is 28.9 Å². The Hall–Kier alpha value is -1.35. The molecule has 2 rings (SSSR count). The maximum atomic E-state index is 11.5. The first-order chi connectivity index (χ1) is 7.81. The van der Waals surface area contributed by atoms with E-state index in [1.165, 1.54) is 11.1 Å². The number of ether oxygens (including phenoxy) is 1. The molecule has 0 radical (unpaired) electrons. The van der Waals surface area contributed by atoms with Gasteiger partial charge in [-0.1, -0.05) is 18.2 Å². The number of rotatable bonds is 3. The Bertz CT molecular complexity index is 388. The Balaban J connectivity index is 2.17. The third-order valence-electron chi connectivity index (χ3n) is 2.88. The maximum Gasteiger partial charge on any atom is 0.310 e. The van der Waals surface area contributed by atoms with Crippen LogP contribution in [-0.4, -0.2) is 19.1 Å². The summed E-state index contributed by atoms with van der Waals surface area (Å²) in [7, 11) is 0. The third kappa shape index (κ3) is 2.42. The maximum absolute atomic E-state index is 11.5. The fourth-order valence-corrected chi connectivity index (χ4v) is 2.14. The van der Waals surface area contributed by atoms with Crippen LogP contribution in [0.3, 0.4) is 0 Å². The number of carbonyl (C=O) groups is 1. The van der Waals surface area contributed by atoms with Crippen molar-refractivity contribution >= 4 is 5.97 Å². The zero-order chi connectivity index (χ0) is 11.4.